The van der Waals surface area contributed by atoms with E-state index in [0.717, 1.165) is 41.8 Å². The second-order valence-electron chi connectivity index (χ2n) is 6.65. The van der Waals surface area contributed by atoms with Crippen molar-refractivity contribution in [1.29, 1.82) is 0 Å². The zero-order chi connectivity index (χ0) is 19.3. The van der Waals surface area contributed by atoms with Gasteiger partial charge in [-0.15, -0.1) is 10.2 Å². The molecule has 1 aromatic carbocycles. The summed E-state index contributed by atoms with van der Waals surface area (Å²) in [5.74, 6) is -0.198. The molecule has 1 aliphatic rings. The van der Waals surface area contributed by atoms with Gasteiger partial charge in [0.2, 0.25) is 5.13 Å². The van der Waals surface area contributed by atoms with Crippen LogP contribution in [0.2, 0.25) is 0 Å². The summed E-state index contributed by atoms with van der Waals surface area (Å²) in [5.41, 5.74) is 1.68. The van der Waals surface area contributed by atoms with Gasteiger partial charge >= 0.3 is 0 Å². The van der Waals surface area contributed by atoms with Gasteiger partial charge in [0, 0.05) is 50.6 Å². The van der Waals surface area contributed by atoms with E-state index in [1.54, 1.807) is 48.0 Å². The Labute approximate surface area is 166 Å². The van der Waals surface area contributed by atoms with E-state index in [4.69, 9.17) is 0 Å². The lowest BCUT2D eigenvalue weighted by molar-refractivity contribution is 0.0767. The van der Waals surface area contributed by atoms with Gasteiger partial charge in [-0.2, -0.15) is 0 Å². The molecule has 0 N–H and O–H groups in total. The Balaban J connectivity index is 1.39. The normalized spacial score (nSPS) is 14.8. The SMILES string of the molecule is O=C(c1ccncc1)N1CCCN(c2nnc(Cc3ccc(F)cc3)s2)CC1. The lowest BCUT2D eigenvalue weighted by Crippen LogP contribution is -2.35. The zero-order valence-corrected chi connectivity index (χ0v) is 16.1. The smallest absolute Gasteiger partial charge is 0.254 e. The summed E-state index contributed by atoms with van der Waals surface area (Å²) < 4.78 is 13.0. The van der Waals surface area contributed by atoms with E-state index in [0.29, 0.717) is 18.5 Å². The molecule has 1 fully saturated rings. The van der Waals surface area contributed by atoms with Crippen molar-refractivity contribution >= 4 is 22.4 Å². The van der Waals surface area contributed by atoms with E-state index in [2.05, 4.69) is 20.1 Å². The summed E-state index contributed by atoms with van der Waals surface area (Å²) in [6, 6.07) is 9.95. The van der Waals surface area contributed by atoms with Gasteiger partial charge in [-0.1, -0.05) is 23.5 Å². The number of carbonyl (C=O) groups excluding carboxylic acids is 1. The molecule has 3 heterocycles. The number of carbonyl (C=O) groups is 1. The highest BCUT2D eigenvalue weighted by atomic mass is 32.1. The number of anilines is 1. The summed E-state index contributed by atoms with van der Waals surface area (Å²) in [7, 11) is 0. The number of halogens is 1. The molecule has 0 bridgehead atoms. The third-order valence-corrected chi connectivity index (χ3v) is 5.69. The fourth-order valence-corrected chi connectivity index (χ4v) is 4.13. The molecule has 6 nitrogen and oxygen atoms in total. The molecular weight excluding hydrogens is 377 g/mol. The van der Waals surface area contributed by atoms with Crippen LogP contribution in [0.15, 0.2) is 48.8 Å². The first-order chi connectivity index (χ1) is 13.7. The van der Waals surface area contributed by atoms with Crippen molar-refractivity contribution in [2.45, 2.75) is 12.8 Å². The molecule has 0 unspecified atom stereocenters. The Kier molecular flexibility index (Phi) is 5.57. The lowest BCUT2D eigenvalue weighted by atomic mass is 10.2. The molecule has 28 heavy (non-hydrogen) atoms. The highest BCUT2D eigenvalue weighted by Gasteiger charge is 2.22. The van der Waals surface area contributed by atoms with Crippen LogP contribution in [0.3, 0.4) is 0 Å². The fraction of sp³-hybridized carbons (Fsp3) is 0.300. The number of hydrogen-bond acceptors (Lipinski definition) is 6. The largest absolute Gasteiger partial charge is 0.345 e. The van der Waals surface area contributed by atoms with Gasteiger partial charge in [0.1, 0.15) is 10.8 Å². The number of benzene rings is 1. The van der Waals surface area contributed by atoms with Crippen molar-refractivity contribution in [3.63, 3.8) is 0 Å². The molecule has 0 atom stereocenters. The first-order valence-corrected chi connectivity index (χ1v) is 10.0. The molecule has 0 radical (unpaired) electrons. The predicted octanol–water partition coefficient (Wildman–Crippen LogP) is 3.02. The van der Waals surface area contributed by atoms with Crippen molar-refractivity contribution in [3.8, 4) is 0 Å². The van der Waals surface area contributed by atoms with Gasteiger partial charge in [-0.3, -0.25) is 9.78 Å². The van der Waals surface area contributed by atoms with E-state index in [9.17, 15) is 9.18 Å². The van der Waals surface area contributed by atoms with Crippen LogP contribution in [0.5, 0.6) is 0 Å². The highest BCUT2D eigenvalue weighted by molar-refractivity contribution is 7.15. The van der Waals surface area contributed by atoms with Crippen molar-refractivity contribution in [2.24, 2.45) is 0 Å². The van der Waals surface area contributed by atoms with Gasteiger partial charge in [0.25, 0.3) is 5.91 Å². The molecule has 0 spiro atoms. The fourth-order valence-electron chi connectivity index (χ4n) is 3.21. The molecule has 8 heteroatoms. The molecular formula is C20H20FN5OS. The zero-order valence-electron chi connectivity index (χ0n) is 15.3. The number of nitrogens with zero attached hydrogens (tertiary/aromatic N) is 5. The van der Waals surface area contributed by atoms with Gasteiger partial charge in [-0.05, 0) is 36.2 Å². The van der Waals surface area contributed by atoms with E-state index < -0.39 is 0 Å². The molecule has 4 rings (SSSR count). The van der Waals surface area contributed by atoms with E-state index in [1.807, 2.05) is 4.90 Å². The quantitative estimate of drug-likeness (QED) is 0.677. The minimum Gasteiger partial charge on any atom is -0.345 e. The monoisotopic (exact) mass is 397 g/mol. The summed E-state index contributed by atoms with van der Waals surface area (Å²) >= 11 is 1.55. The van der Waals surface area contributed by atoms with Crippen molar-refractivity contribution < 1.29 is 9.18 Å². The maximum atomic E-state index is 13.0. The van der Waals surface area contributed by atoms with E-state index >= 15 is 0 Å². The first-order valence-electron chi connectivity index (χ1n) is 9.20. The minimum absolute atomic E-state index is 0.0403. The minimum atomic E-state index is -0.239. The average molecular weight is 397 g/mol. The van der Waals surface area contributed by atoms with Crippen LogP contribution in [-0.4, -0.2) is 52.2 Å². The third kappa shape index (κ3) is 4.33. The van der Waals surface area contributed by atoms with Gasteiger partial charge in [-0.25, -0.2) is 4.39 Å². The second kappa shape index (κ2) is 8.43. The van der Waals surface area contributed by atoms with Crippen molar-refractivity contribution in [1.82, 2.24) is 20.1 Å². The topological polar surface area (TPSA) is 62.2 Å². The first kappa shape index (κ1) is 18.5. The van der Waals surface area contributed by atoms with Crippen LogP contribution in [-0.2, 0) is 6.42 Å². The molecule has 0 aliphatic carbocycles. The Bertz CT molecular complexity index is 931. The average Bonchev–Trinajstić information content (AvgIpc) is 3.05. The molecule has 144 valence electrons. The van der Waals surface area contributed by atoms with Gasteiger partial charge in [0.15, 0.2) is 0 Å². The number of rotatable bonds is 4. The maximum absolute atomic E-state index is 13.0. The van der Waals surface area contributed by atoms with Crippen LogP contribution >= 0.6 is 11.3 Å². The van der Waals surface area contributed by atoms with Crippen molar-refractivity contribution in [3.05, 3.63) is 70.7 Å². The number of aromatic nitrogens is 3. The molecule has 3 aromatic rings. The van der Waals surface area contributed by atoms with Crippen LogP contribution in [0.4, 0.5) is 9.52 Å². The Hall–Kier alpha value is -2.87. The number of hydrogen-bond donors (Lipinski definition) is 0. The Morgan fingerprint density at radius 2 is 1.79 bits per heavy atom. The molecule has 1 aliphatic heterocycles. The lowest BCUT2D eigenvalue weighted by Gasteiger charge is -2.21. The molecule has 0 saturated carbocycles. The number of pyridine rings is 1. The van der Waals surface area contributed by atoms with Crippen LogP contribution in [0.1, 0.15) is 27.3 Å². The second-order valence-corrected chi connectivity index (χ2v) is 7.69. The summed E-state index contributed by atoms with van der Waals surface area (Å²) in [6.07, 6.45) is 4.80. The maximum Gasteiger partial charge on any atom is 0.254 e. The predicted molar refractivity (Wildman–Crippen MR) is 106 cm³/mol. The molecule has 2 aromatic heterocycles. The standard InChI is InChI=1S/C20H20FN5OS/c21-17-4-2-15(3-5-17)14-18-23-24-20(28-18)26-11-1-10-25(12-13-26)19(27)16-6-8-22-9-7-16/h2-9H,1,10-14H2. The molecule has 1 amide bonds. The Morgan fingerprint density at radius 3 is 2.57 bits per heavy atom. The van der Waals surface area contributed by atoms with Crippen LogP contribution < -0.4 is 4.90 Å². The van der Waals surface area contributed by atoms with Crippen LogP contribution in [0, 0.1) is 5.82 Å². The summed E-state index contributed by atoms with van der Waals surface area (Å²) in [5, 5.41) is 10.4. The Morgan fingerprint density at radius 1 is 1.00 bits per heavy atom. The van der Waals surface area contributed by atoms with E-state index in [-0.39, 0.29) is 11.7 Å². The highest BCUT2D eigenvalue weighted by Crippen LogP contribution is 2.24. The number of amides is 1. The van der Waals surface area contributed by atoms with Crippen LogP contribution in [0.25, 0.3) is 0 Å². The van der Waals surface area contributed by atoms with Gasteiger partial charge in [0.05, 0.1) is 0 Å². The van der Waals surface area contributed by atoms with E-state index in [1.165, 1.54) is 12.1 Å². The summed E-state index contributed by atoms with van der Waals surface area (Å²) in [4.78, 5) is 20.7. The van der Waals surface area contributed by atoms with Gasteiger partial charge < -0.3 is 9.80 Å². The summed E-state index contributed by atoms with van der Waals surface area (Å²) in [6.45, 7) is 2.93. The third-order valence-electron chi connectivity index (χ3n) is 4.71. The van der Waals surface area contributed by atoms with Crippen molar-refractivity contribution in [2.75, 3.05) is 31.1 Å². The molecule has 1 saturated heterocycles.